The molecular formula is C22H17N3O6. The van der Waals surface area contributed by atoms with Crippen molar-refractivity contribution in [2.75, 3.05) is 16.8 Å². The number of nitrogens with zero attached hydrogens (tertiary/aromatic N) is 2. The molecular weight excluding hydrogens is 402 g/mol. The Morgan fingerprint density at radius 2 is 1.81 bits per heavy atom. The molecule has 3 aromatic rings. The molecule has 156 valence electrons. The van der Waals surface area contributed by atoms with Crippen molar-refractivity contribution in [2.45, 2.75) is 13.8 Å². The summed E-state index contributed by atoms with van der Waals surface area (Å²) < 4.78 is 9.58. The number of imide groups is 1. The molecule has 9 heteroatoms. The van der Waals surface area contributed by atoms with Crippen molar-refractivity contribution in [1.29, 1.82) is 0 Å². The summed E-state index contributed by atoms with van der Waals surface area (Å²) in [7, 11) is 0. The van der Waals surface area contributed by atoms with Gasteiger partial charge in [-0.25, -0.2) is 9.69 Å². The van der Waals surface area contributed by atoms with Gasteiger partial charge in [-0.2, -0.15) is 0 Å². The lowest BCUT2D eigenvalue weighted by atomic mass is 10.1. The summed E-state index contributed by atoms with van der Waals surface area (Å²) in [5.74, 6) is -2.19. The summed E-state index contributed by atoms with van der Waals surface area (Å²) in [5.41, 5.74) is 2.54. The molecule has 31 heavy (non-hydrogen) atoms. The standard InChI is InChI=1S/C22H17N3O6/c1-12-3-4-13(2)17(9-12)25-20(27)15-6-5-14(10-16(15)21(25)28)22(29)30-11-19(26)23-18-7-8-31-24-18/h3-10H,11H2,1-2H3,(H,23,24,26). The molecule has 0 atom stereocenters. The van der Waals surface area contributed by atoms with Crippen LogP contribution >= 0.6 is 0 Å². The molecule has 0 saturated carbocycles. The van der Waals surface area contributed by atoms with Gasteiger partial charge in [-0.3, -0.25) is 14.4 Å². The van der Waals surface area contributed by atoms with Crippen LogP contribution < -0.4 is 10.2 Å². The Labute approximate surface area is 176 Å². The number of carbonyl (C=O) groups is 4. The fourth-order valence-electron chi connectivity index (χ4n) is 3.22. The summed E-state index contributed by atoms with van der Waals surface area (Å²) in [4.78, 5) is 51.1. The molecule has 0 fully saturated rings. The Morgan fingerprint density at radius 1 is 1.03 bits per heavy atom. The van der Waals surface area contributed by atoms with E-state index in [0.29, 0.717) is 5.69 Å². The van der Waals surface area contributed by atoms with E-state index in [9.17, 15) is 19.2 Å². The maximum atomic E-state index is 13.0. The highest BCUT2D eigenvalue weighted by Crippen LogP contribution is 2.31. The maximum absolute atomic E-state index is 13.0. The quantitative estimate of drug-likeness (QED) is 0.499. The van der Waals surface area contributed by atoms with Crippen LogP contribution in [-0.4, -0.2) is 35.5 Å². The number of amides is 3. The van der Waals surface area contributed by atoms with Crippen molar-refractivity contribution in [3.05, 3.63) is 76.5 Å². The molecule has 0 aliphatic carbocycles. The number of hydrogen-bond acceptors (Lipinski definition) is 7. The normalized spacial score (nSPS) is 12.6. The summed E-state index contributed by atoms with van der Waals surface area (Å²) in [6.07, 6.45) is 1.28. The van der Waals surface area contributed by atoms with E-state index >= 15 is 0 Å². The summed E-state index contributed by atoms with van der Waals surface area (Å²) >= 11 is 0. The Balaban J connectivity index is 1.51. The summed E-state index contributed by atoms with van der Waals surface area (Å²) in [5, 5.41) is 5.91. The molecule has 1 aliphatic heterocycles. The lowest BCUT2D eigenvalue weighted by Crippen LogP contribution is -2.30. The Bertz CT molecular complexity index is 1220. The van der Waals surface area contributed by atoms with Crippen molar-refractivity contribution in [3.8, 4) is 0 Å². The number of anilines is 2. The number of aromatic nitrogens is 1. The van der Waals surface area contributed by atoms with Gasteiger partial charge in [0.1, 0.15) is 6.26 Å². The van der Waals surface area contributed by atoms with Crippen molar-refractivity contribution < 1.29 is 28.4 Å². The third-order valence-electron chi connectivity index (χ3n) is 4.77. The molecule has 0 unspecified atom stereocenters. The predicted octanol–water partition coefficient (Wildman–Crippen LogP) is 2.89. The average molecular weight is 419 g/mol. The molecule has 0 bridgehead atoms. The molecule has 1 N–H and O–H groups in total. The third-order valence-corrected chi connectivity index (χ3v) is 4.77. The molecule has 0 spiro atoms. The fraction of sp³-hybridized carbons (Fsp3) is 0.136. The van der Waals surface area contributed by atoms with Crippen LogP contribution in [0.25, 0.3) is 0 Å². The molecule has 1 aromatic heterocycles. The average Bonchev–Trinajstić information content (AvgIpc) is 3.34. The molecule has 0 saturated heterocycles. The van der Waals surface area contributed by atoms with Gasteiger partial charge in [-0.05, 0) is 49.2 Å². The van der Waals surface area contributed by atoms with Gasteiger partial charge in [0.15, 0.2) is 12.4 Å². The van der Waals surface area contributed by atoms with Gasteiger partial charge in [-0.15, -0.1) is 0 Å². The first-order valence-corrected chi connectivity index (χ1v) is 9.32. The van der Waals surface area contributed by atoms with Crippen LogP contribution in [0.15, 0.2) is 53.3 Å². The number of aryl methyl sites for hydroxylation is 2. The maximum Gasteiger partial charge on any atom is 0.338 e. The first-order valence-electron chi connectivity index (χ1n) is 9.32. The topological polar surface area (TPSA) is 119 Å². The van der Waals surface area contributed by atoms with Crippen molar-refractivity contribution >= 4 is 35.2 Å². The number of rotatable bonds is 5. The zero-order valence-corrected chi connectivity index (χ0v) is 16.7. The van der Waals surface area contributed by atoms with E-state index in [1.165, 1.54) is 30.5 Å². The molecule has 4 rings (SSSR count). The van der Waals surface area contributed by atoms with E-state index in [1.54, 1.807) is 6.07 Å². The SMILES string of the molecule is Cc1ccc(C)c(N2C(=O)c3ccc(C(=O)OCC(=O)Nc4ccon4)cc3C2=O)c1. The molecule has 1 aliphatic rings. The predicted molar refractivity (Wildman–Crippen MR) is 109 cm³/mol. The van der Waals surface area contributed by atoms with Crippen molar-refractivity contribution in [1.82, 2.24) is 5.16 Å². The lowest BCUT2D eigenvalue weighted by Gasteiger charge is -2.17. The van der Waals surface area contributed by atoms with Crippen LogP contribution in [0.3, 0.4) is 0 Å². The Morgan fingerprint density at radius 3 is 2.55 bits per heavy atom. The van der Waals surface area contributed by atoms with E-state index in [1.807, 2.05) is 26.0 Å². The first-order chi connectivity index (χ1) is 14.8. The van der Waals surface area contributed by atoms with E-state index in [0.717, 1.165) is 16.0 Å². The van der Waals surface area contributed by atoms with Crippen LogP contribution in [0.1, 0.15) is 42.2 Å². The highest BCUT2D eigenvalue weighted by atomic mass is 16.5. The summed E-state index contributed by atoms with van der Waals surface area (Å²) in [6, 6.07) is 11.0. The zero-order valence-electron chi connectivity index (χ0n) is 16.7. The number of carbonyl (C=O) groups excluding carboxylic acids is 4. The number of fused-ring (bicyclic) bond motifs is 1. The first kappa shape index (κ1) is 20.0. The molecule has 2 heterocycles. The van der Waals surface area contributed by atoms with Crippen LogP contribution in [0.2, 0.25) is 0 Å². The van der Waals surface area contributed by atoms with Gasteiger partial charge in [0.05, 0.1) is 22.4 Å². The highest BCUT2D eigenvalue weighted by Gasteiger charge is 2.38. The van der Waals surface area contributed by atoms with Crippen LogP contribution in [0, 0.1) is 13.8 Å². The van der Waals surface area contributed by atoms with Gasteiger partial charge >= 0.3 is 5.97 Å². The van der Waals surface area contributed by atoms with Crippen LogP contribution in [-0.2, 0) is 9.53 Å². The largest absolute Gasteiger partial charge is 0.452 e. The van der Waals surface area contributed by atoms with Crippen LogP contribution in [0.4, 0.5) is 11.5 Å². The monoisotopic (exact) mass is 419 g/mol. The number of nitrogens with one attached hydrogen (secondary N) is 1. The van der Waals surface area contributed by atoms with Gasteiger partial charge in [0.2, 0.25) is 0 Å². The van der Waals surface area contributed by atoms with E-state index < -0.39 is 30.3 Å². The summed E-state index contributed by atoms with van der Waals surface area (Å²) in [6.45, 7) is 3.13. The smallest absolute Gasteiger partial charge is 0.338 e. The Kier molecular flexibility index (Phi) is 5.08. The minimum absolute atomic E-state index is 0.0527. The van der Waals surface area contributed by atoms with E-state index in [4.69, 9.17) is 4.74 Å². The van der Waals surface area contributed by atoms with Crippen molar-refractivity contribution in [2.24, 2.45) is 0 Å². The van der Waals surface area contributed by atoms with Gasteiger partial charge in [0, 0.05) is 6.07 Å². The minimum Gasteiger partial charge on any atom is -0.452 e. The minimum atomic E-state index is -0.802. The highest BCUT2D eigenvalue weighted by molar-refractivity contribution is 6.35. The van der Waals surface area contributed by atoms with Gasteiger partial charge in [0.25, 0.3) is 17.7 Å². The second-order valence-electron chi connectivity index (χ2n) is 7.01. The van der Waals surface area contributed by atoms with E-state index in [2.05, 4.69) is 15.0 Å². The van der Waals surface area contributed by atoms with Gasteiger partial charge in [-0.1, -0.05) is 17.3 Å². The second-order valence-corrected chi connectivity index (χ2v) is 7.01. The molecule has 9 nitrogen and oxygen atoms in total. The number of hydrogen-bond donors (Lipinski definition) is 1. The molecule has 3 amide bonds. The molecule has 0 radical (unpaired) electrons. The number of ether oxygens (including phenoxy) is 1. The Hall–Kier alpha value is -4.27. The third kappa shape index (κ3) is 3.80. The van der Waals surface area contributed by atoms with Gasteiger partial charge < -0.3 is 14.6 Å². The van der Waals surface area contributed by atoms with Crippen molar-refractivity contribution in [3.63, 3.8) is 0 Å². The molecule has 2 aromatic carbocycles. The number of benzene rings is 2. The van der Waals surface area contributed by atoms with E-state index in [-0.39, 0.29) is 22.5 Å². The second kappa shape index (κ2) is 7.86. The number of esters is 1. The fourth-order valence-corrected chi connectivity index (χ4v) is 3.22. The van der Waals surface area contributed by atoms with Crippen LogP contribution in [0.5, 0.6) is 0 Å². The lowest BCUT2D eigenvalue weighted by molar-refractivity contribution is -0.119. The zero-order chi connectivity index (χ0) is 22.1.